The molecule has 1 aromatic carbocycles. The number of carbonyl (C=O) groups excluding carboxylic acids is 2. The first-order chi connectivity index (χ1) is 7.58. The summed E-state index contributed by atoms with van der Waals surface area (Å²) in [6.07, 6.45) is 0.560. The third-order valence-corrected chi connectivity index (χ3v) is 1.97. The van der Waals surface area contributed by atoms with Crippen LogP contribution in [0.1, 0.15) is 10.4 Å². The van der Waals surface area contributed by atoms with Gasteiger partial charge < -0.3 is 15.2 Å². The van der Waals surface area contributed by atoms with Crippen molar-refractivity contribution >= 4 is 23.8 Å². The summed E-state index contributed by atoms with van der Waals surface area (Å²) in [6.45, 7) is -0.334. The second-order valence-corrected chi connectivity index (χ2v) is 3.34. The molecule has 0 aromatic heterocycles. The van der Waals surface area contributed by atoms with Crippen LogP contribution in [-0.4, -0.2) is 25.9 Å². The predicted molar refractivity (Wildman–Crippen MR) is 58.1 cm³/mol. The summed E-state index contributed by atoms with van der Waals surface area (Å²) >= 11 is 5.76. The molecule has 86 valence electrons. The van der Waals surface area contributed by atoms with Crippen molar-refractivity contribution < 1.29 is 19.1 Å². The molecule has 1 aromatic rings. The van der Waals surface area contributed by atoms with Crippen molar-refractivity contribution in [3.05, 3.63) is 22.7 Å². The van der Waals surface area contributed by atoms with Crippen molar-refractivity contribution in [2.24, 2.45) is 5.73 Å². The standard InChI is InChI=1S/C10H10ClNO4/c1-15-8-3-7(11)2-6(4-13)10(8)16-5-9(12)14/h2-4H,5H2,1H3,(H2,12,14). The van der Waals surface area contributed by atoms with Crippen LogP contribution >= 0.6 is 11.6 Å². The van der Waals surface area contributed by atoms with Crippen molar-refractivity contribution in [3.8, 4) is 11.5 Å². The minimum Gasteiger partial charge on any atom is -0.493 e. The highest BCUT2D eigenvalue weighted by molar-refractivity contribution is 6.31. The van der Waals surface area contributed by atoms with Gasteiger partial charge in [0.1, 0.15) is 0 Å². The van der Waals surface area contributed by atoms with Crippen LogP contribution in [0.15, 0.2) is 12.1 Å². The largest absolute Gasteiger partial charge is 0.493 e. The molecule has 2 N–H and O–H groups in total. The van der Waals surface area contributed by atoms with Gasteiger partial charge in [0.15, 0.2) is 24.4 Å². The minimum atomic E-state index is -0.645. The Balaban J connectivity index is 3.11. The van der Waals surface area contributed by atoms with E-state index in [1.807, 2.05) is 0 Å². The molecule has 0 radical (unpaired) electrons. The molecule has 0 unspecified atom stereocenters. The SMILES string of the molecule is COc1cc(Cl)cc(C=O)c1OCC(N)=O. The van der Waals surface area contributed by atoms with E-state index in [0.717, 1.165) is 0 Å². The number of hydrogen-bond donors (Lipinski definition) is 1. The van der Waals surface area contributed by atoms with Gasteiger partial charge in [-0.3, -0.25) is 9.59 Å². The highest BCUT2D eigenvalue weighted by Crippen LogP contribution is 2.33. The first-order valence-corrected chi connectivity index (χ1v) is 4.70. The Hall–Kier alpha value is -1.75. The third kappa shape index (κ3) is 2.87. The highest BCUT2D eigenvalue weighted by Gasteiger charge is 2.13. The lowest BCUT2D eigenvalue weighted by atomic mass is 10.2. The van der Waals surface area contributed by atoms with Gasteiger partial charge in [-0.1, -0.05) is 11.6 Å². The number of benzene rings is 1. The summed E-state index contributed by atoms with van der Waals surface area (Å²) in [4.78, 5) is 21.4. The maximum Gasteiger partial charge on any atom is 0.255 e. The van der Waals surface area contributed by atoms with Gasteiger partial charge in [0.2, 0.25) is 0 Å². The normalized spacial score (nSPS) is 9.62. The lowest BCUT2D eigenvalue weighted by molar-refractivity contribution is -0.119. The van der Waals surface area contributed by atoms with Crippen LogP contribution in [0.3, 0.4) is 0 Å². The zero-order chi connectivity index (χ0) is 12.1. The topological polar surface area (TPSA) is 78.6 Å². The molecule has 0 aliphatic carbocycles. The Morgan fingerprint density at radius 3 is 2.75 bits per heavy atom. The van der Waals surface area contributed by atoms with Gasteiger partial charge in [0.05, 0.1) is 12.7 Å². The van der Waals surface area contributed by atoms with E-state index in [9.17, 15) is 9.59 Å². The molecule has 16 heavy (non-hydrogen) atoms. The van der Waals surface area contributed by atoms with Crippen molar-refractivity contribution in [1.29, 1.82) is 0 Å². The average Bonchev–Trinajstić information content (AvgIpc) is 2.25. The van der Waals surface area contributed by atoms with Crippen molar-refractivity contribution in [3.63, 3.8) is 0 Å². The van der Waals surface area contributed by atoms with Crippen LogP contribution in [0.25, 0.3) is 0 Å². The third-order valence-electron chi connectivity index (χ3n) is 1.75. The van der Waals surface area contributed by atoms with Gasteiger partial charge in [-0.05, 0) is 6.07 Å². The number of aldehydes is 1. The molecule has 0 saturated carbocycles. The molecule has 6 heteroatoms. The number of hydrogen-bond acceptors (Lipinski definition) is 4. The van der Waals surface area contributed by atoms with E-state index >= 15 is 0 Å². The molecule has 5 nitrogen and oxygen atoms in total. The molecular weight excluding hydrogens is 234 g/mol. The fraction of sp³-hybridized carbons (Fsp3) is 0.200. The van der Waals surface area contributed by atoms with E-state index in [0.29, 0.717) is 11.3 Å². The number of methoxy groups -OCH3 is 1. The van der Waals surface area contributed by atoms with Crippen LogP contribution in [0.2, 0.25) is 5.02 Å². The van der Waals surface area contributed by atoms with E-state index in [1.165, 1.54) is 19.2 Å². The van der Waals surface area contributed by atoms with E-state index in [2.05, 4.69) is 0 Å². The summed E-state index contributed by atoms with van der Waals surface area (Å²) in [5.74, 6) is -0.217. The van der Waals surface area contributed by atoms with Gasteiger partial charge in [0, 0.05) is 11.1 Å². The van der Waals surface area contributed by atoms with E-state index in [-0.39, 0.29) is 23.7 Å². The molecule has 0 saturated heterocycles. The lowest BCUT2D eigenvalue weighted by Gasteiger charge is -2.11. The summed E-state index contributed by atoms with van der Waals surface area (Å²) in [5, 5.41) is 0.338. The quantitative estimate of drug-likeness (QED) is 0.784. The number of carbonyl (C=O) groups is 2. The number of ether oxygens (including phenoxy) is 2. The Morgan fingerprint density at radius 1 is 1.56 bits per heavy atom. The predicted octanol–water partition coefficient (Wildman–Crippen LogP) is 1.03. The summed E-state index contributed by atoms with van der Waals surface area (Å²) in [5.41, 5.74) is 5.13. The molecule has 1 rings (SSSR count). The van der Waals surface area contributed by atoms with Crippen LogP contribution in [0.4, 0.5) is 0 Å². The zero-order valence-corrected chi connectivity index (χ0v) is 9.28. The van der Waals surface area contributed by atoms with Crippen LogP contribution < -0.4 is 15.2 Å². The summed E-state index contributed by atoms with van der Waals surface area (Å²) in [7, 11) is 1.40. The zero-order valence-electron chi connectivity index (χ0n) is 8.53. The second-order valence-electron chi connectivity index (χ2n) is 2.90. The fourth-order valence-electron chi connectivity index (χ4n) is 1.13. The van der Waals surface area contributed by atoms with E-state index in [1.54, 1.807) is 0 Å². The maximum atomic E-state index is 10.8. The molecular formula is C10H10ClNO4. The second kappa shape index (κ2) is 5.37. The highest BCUT2D eigenvalue weighted by atomic mass is 35.5. The number of primary amides is 1. The number of rotatable bonds is 5. The van der Waals surface area contributed by atoms with Gasteiger partial charge in [-0.2, -0.15) is 0 Å². The Morgan fingerprint density at radius 2 is 2.25 bits per heavy atom. The number of halogens is 1. The number of nitrogens with two attached hydrogens (primary N) is 1. The minimum absolute atomic E-state index is 0.153. The van der Waals surface area contributed by atoms with E-state index in [4.69, 9.17) is 26.8 Å². The smallest absolute Gasteiger partial charge is 0.255 e. The van der Waals surface area contributed by atoms with Crippen molar-refractivity contribution in [1.82, 2.24) is 0 Å². The fourth-order valence-corrected chi connectivity index (χ4v) is 1.34. The maximum absolute atomic E-state index is 10.8. The molecule has 0 aliphatic heterocycles. The summed E-state index contributed by atoms with van der Waals surface area (Å²) < 4.78 is 10.1. The first-order valence-electron chi connectivity index (χ1n) is 4.32. The molecule has 0 heterocycles. The van der Waals surface area contributed by atoms with Gasteiger partial charge in [-0.15, -0.1) is 0 Å². The Labute approximate surface area is 97.1 Å². The van der Waals surface area contributed by atoms with Crippen LogP contribution in [0, 0.1) is 0 Å². The van der Waals surface area contributed by atoms with Gasteiger partial charge in [0.25, 0.3) is 5.91 Å². The molecule has 0 fully saturated rings. The lowest BCUT2D eigenvalue weighted by Crippen LogP contribution is -2.20. The molecule has 1 amide bonds. The number of amides is 1. The average molecular weight is 244 g/mol. The molecule has 0 bridgehead atoms. The molecule has 0 atom stereocenters. The van der Waals surface area contributed by atoms with Crippen LogP contribution in [-0.2, 0) is 4.79 Å². The van der Waals surface area contributed by atoms with Gasteiger partial charge in [-0.25, -0.2) is 0 Å². The Bertz CT molecular complexity index is 420. The first kappa shape index (κ1) is 12.3. The summed E-state index contributed by atoms with van der Waals surface area (Å²) in [6, 6.07) is 2.89. The van der Waals surface area contributed by atoms with Gasteiger partial charge >= 0.3 is 0 Å². The van der Waals surface area contributed by atoms with E-state index < -0.39 is 5.91 Å². The molecule has 0 spiro atoms. The monoisotopic (exact) mass is 243 g/mol. The van der Waals surface area contributed by atoms with Crippen LogP contribution in [0.5, 0.6) is 11.5 Å². The Kier molecular flexibility index (Phi) is 4.13. The van der Waals surface area contributed by atoms with Crippen molar-refractivity contribution in [2.45, 2.75) is 0 Å². The van der Waals surface area contributed by atoms with Crippen molar-refractivity contribution in [2.75, 3.05) is 13.7 Å². The molecule has 0 aliphatic rings.